The van der Waals surface area contributed by atoms with Crippen molar-refractivity contribution in [3.63, 3.8) is 0 Å². The van der Waals surface area contributed by atoms with E-state index >= 15 is 0 Å². The Morgan fingerprint density at radius 1 is 1.12 bits per heavy atom. The summed E-state index contributed by atoms with van der Waals surface area (Å²) in [6, 6.07) is 11.8. The number of anilines is 1. The molecule has 0 spiro atoms. The first-order valence-corrected chi connectivity index (χ1v) is 8.56. The summed E-state index contributed by atoms with van der Waals surface area (Å²) in [5.41, 5.74) is 2.90. The van der Waals surface area contributed by atoms with Crippen LogP contribution in [0.5, 0.6) is 5.75 Å². The minimum Gasteiger partial charge on any atom is -0.490 e. The highest BCUT2D eigenvalue weighted by Gasteiger charge is 2.24. The molecule has 0 radical (unpaired) electrons. The van der Waals surface area contributed by atoms with Crippen LogP contribution in [-0.2, 0) is 0 Å². The molecule has 0 atom stereocenters. The molecule has 0 unspecified atom stereocenters. The van der Waals surface area contributed by atoms with Gasteiger partial charge in [-0.25, -0.2) is 9.18 Å². The standard InChI is InChI=1S/C20H23FN2O2/c1-14-3-4-15(2)19(13-14)25-18-9-11-23(12-10-18)20(24)22-17-7-5-16(21)6-8-17/h3-8,13,18H,9-12H2,1-2H3,(H,22,24). The number of likely N-dealkylation sites (tertiary alicyclic amines) is 1. The molecular formula is C20H23FN2O2. The van der Waals surface area contributed by atoms with Crippen LogP contribution in [0.25, 0.3) is 0 Å². The average Bonchev–Trinajstić information content (AvgIpc) is 2.61. The molecule has 3 rings (SSSR count). The smallest absolute Gasteiger partial charge is 0.321 e. The molecule has 1 fully saturated rings. The summed E-state index contributed by atoms with van der Waals surface area (Å²) in [4.78, 5) is 14.1. The number of aryl methyl sites for hydroxylation is 2. The van der Waals surface area contributed by atoms with Crippen LogP contribution in [0.3, 0.4) is 0 Å². The minimum atomic E-state index is -0.317. The number of halogens is 1. The molecule has 1 N–H and O–H groups in total. The Morgan fingerprint density at radius 3 is 2.48 bits per heavy atom. The molecule has 5 heteroatoms. The van der Waals surface area contributed by atoms with Gasteiger partial charge in [0.15, 0.2) is 0 Å². The predicted molar refractivity (Wildman–Crippen MR) is 96.6 cm³/mol. The summed E-state index contributed by atoms with van der Waals surface area (Å²) in [6.45, 7) is 5.37. The lowest BCUT2D eigenvalue weighted by Crippen LogP contribution is -2.43. The van der Waals surface area contributed by atoms with Crippen LogP contribution in [0.15, 0.2) is 42.5 Å². The van der Waals surface area contributed by atoms with Gasteiger partial charge in [0.2, 0.25) is 0 Å². The third-order valence-corrected chi connectivity index (χ3v) is 4.46. The van der Waals surface area contributed by atoms with Gasteiger partial charge in [0, 0.05) is 31.6 Å². The van der Waals surface area contributed by atoms with Crippen molar-refractivity contribution in [3.05, 3.63) is 59.4 Å². The van der Waals surface area contributed by atoms with Crippen LogP contribution < -0.4 is 10.1 Å². The van der Waals surface area contributed by atoms with E-state index in [1.807, 2.05) is 6.92 Å². The van der Waals surface area contributed by atoms with Crippen LogP contribution in [0.4, 0.5) is 14.9 Å². The maximum atomic E-state index is 12.9. The lowest BCUT2D eigenvalue weighted by atomic mass is 10.1. The van der Waals surface area contributed by atoms with E-state index in [9.17, 15) is 9.18 Å². The number of piperidine rings is 1. The Labute approximate surface area is 147 Å². The summed E-state index contributed by atoms with van der Waals surface area (Å²) >= 11 is 0. The zero-order valence-corrected chi connectivity index (χ0v) is 14.6. The molecule has 2 aromatic rings. The number of rotatable bonds is 3. The Kier molecular flexibility index (Phi) is 5.22. The maximum Gasteiger partial charge on any atom is 0.321 e. The molecule has 1 heterocycles. The van der Waals surface area contributed by atoms with Crippen molar-refractivity contribution in [2.75, 3.05) is 18.4 Å². The first-order chi connectivity index (χ1) is 12.0. The second-order valence-electron chi connectivity index (χ2n) is 6.51. The number of hydrogen-bond donors (Lipinski definition) is 1. The van der Waals surface area contributed by atoms with Crippen LogP contribution in [0.2, 0.25) is 0 Å². The van der Waals surface area contributed by atoms with Crippen LogP contribution in [-0.4, -0.2) is 30.1 Å². The largest absolute Gasteiger partial charge is 0.490 e. The fraction of sp³-hybridized carbons (Fsp3) is 0.350. The molecule has 1 saturated heterocycles. The van der Waals surface area contributed by atoms with Gasteiger partial charge in [-0.3, -0.25) is 0 Å². The lowest BCUT2D eigenvalue weighted by molar-refractivity contribution is 0.115. The molecule has 0 saturated carbocycles. The van der Waals surface area contributed by atoms with Crippen LogP contribution in [0.1, 0.15) is 24.0 Å². The predicted octanol–water partition coefficient (Wildman–Crippen LogP) is 4.52. The summed E-state index contributed by atoms with van der Waals surface area (Å²) in [5, 5.41) is 2.80. The number of ether oxygens (including phenoxy) is 1. The van der Waals surface area contributed by atoms with Crippen molar-refractivity contribution in [3.8, 4) is 5.75 Å². The van der Waals surface area contributed by atoms with Crippen molar-refractivity contribution >= 4 is 11.7 Å². The molecule has 1 aliphatic heterocycles. The van der Waals surface area contributed by atoms with E-state index in [1.165, 1.54) is 17.7 Å². The van der Waals surface area contributed by atoms with E-state index in [-0.39, 0.29) is 18.0 Å². The Balaban J connectivity index is 1.52. The SMILES string of the molecule is Cc1ccc(C)c(OC2CCN(C(=O)Nc3ccc(F)cc3)CC2)c1. The molecule has 4 nitrogen and oxygen atoms in total. The number of nitrogens with zero attached hydrogens (tertiary/aromatic N) is 1. The molecule has 132 valence electrons. The van der Waals surface area contributed by atoms with Crippen LogP contribution >= 0.6 is 0 Å². The second-order valence-corrected chi connectivity index (χ2v) is 6.51. The summed E-state index contributed by atoms with van der Waals surface area (Å²) < 4.78 is 19.0. The van der Waals surface area contributed by atoms with Crippen molar-refractivity contribution in [2.24, 2.45) is 0 Å². The lowest BCUT2D eigenvalue weighted by Gasteiger charge is -2.32. The fourth-order valence-electron chi connectivity index (χ4n) is 2.93. The topological polar surface area (TPSA) is 41.6 Å². The van der Waals surface area contributed by atoms with Gasteiger partial charge in [-0.05, 0) is 55.3 Å². The molecule has 0 bridgehead atoms. The van der Waals surface area contributed by atoms with Crippen LogP contribution in [0, 0.1) is 19.7 Å². The molecule has 2 amide bonds. The summed E-state index contributed by atoms with van der Waals surface area (Å²) in [5.74, 6) is 0.608. The number of hydrogen-bond acceptors (Lipinski definition) is 2. The van der Waals surface area contributed by atoms with Gasteiger partial charge < -0.3 is 15.0 Å². The van der Waals surface area contributed by atoms with E-state index in [2.05, 4.69) is 30.4 Å². The van der Waals surface area contributed by atoms with Gasteiger partial charge in [0.25, 0.3) is 0 Å². The van der Waals surface area contributed by atoms with Crippen molar-refractivity contribution in [1.82, 2.24) is 4.90 Å². The number of benzene rings is 2. The molecule has 0 aliphatic carbocycles. The maximum absolute atomic E-state index is 12.9. The van der Waals surface area contributed by atoms with Gasteiger partial charge in [-0.15, -0.1) is 0 Å². The summed E-state index contributed by atoms with van der Waals surface area (Å²) in [7, 11) is 0. The van der Waals surface area contributed by atoms with E-state index in [0.29, 0.717) is 18.8 Å². The van der Waals surface area contributed by atoms with Gasteiger partial charge >= 0.3 is 6.03 Å². The fourth-order valence-corrected chi connectivity index (χ4v) is 2.93. The first-order valence-electron chi connectivity index (χ1n) is 8.56. The van der Waals surface area contributed by atoms with Gasteiger partial charge in [0.1, 0.15) is 17.7 Å². The van der Waals surface area contributed by atoms with Crippen molar-refractivity contribution in [2.45, 2.75) is 32.8 Å². The monoisotopic (exact) mass is 342 g/mol. The number of nitrogens with one attached hydrogen (secondary N) is 1. The highest BCUT2D eigenvalue weighted by Crippen LogP contribution is 2.24. The third-order valence-electron chi connectivity index (χ3n) is 4.46. The quantitative estimate of drug-likeness (QED) is 0.891. The second kappa shape index (κ2) is 7.55. The highest BCUT2D eigenvalue weighted by molar-refractivity contribution is 5.89. The molecule has 0 aromatic heterocycles. The van der Waals surface area contributed by atoms with Gasteiger partial charge in [-0.2, -0.15) is 0 Å². The Hall–Kier alpha value is -2.56. The Bertz CT molecular complexity index is 738. The number of amides is 2. The number of carbonyl (C=O) groups is 1. The minimum absolute atomic E-state index is 0.121. The molecule has 1 aliphatic rings. The zero-order chi connectivity index (χ0) is 17.8. The van der Waals surface area contributed by atoms with Gasteiger partial charge in [0.05, 0.1) is 0 Å². The first kappa shape index (κ1) is 17.3. The van der Waals surface area contributed by atoms with E-state index in [1.54, 1.807) is 17.0 Å². The summed E-state index contributed by atoms with van der Waals surface area (Å²) in [6.07, 6.45) is 1.71. The van der Waals surface area contributed by atoms with E-state index in [0.717, 1.165) is 24.2 Å². The van der Waals surface area contributed by atoms with Gasteiger partial charge in [-0.1, -0.05) is 12.1 Å². The number of urea groups is 1. The highest BCUT2D eigenvalue weighted by atomic mass is 19.1. The Morgan fingerprint density at radius 2 is 1.80 bits per heavy atom. The average molecular weight is 342 g/mol. The van der Waals surface area contributed by atoms with Crippen molar-refractivity contribution in [1.29, 1.82) is 0 Å². The normalized spacial score (nSPS) is 15.1. The van der Waals surface area contributed by atoms with E-state index in [4.69, 9.17) is 4.74 Å². The van der Waals surface area contributed by atoms with Crippen molar-refractivity contribution < 1.29 is 13.9 Å². The molecular weight excluding hydrogens is 319 g/mol. The third kappa shape index (κ3) is 4.50. The van der Waals surface area contributed by atoms with E-state index < -0.39 is 0 Å². The zero-order valence-electron chi connectivity index (χ0n) is 14.6. The molecule has 2 aromatic carbocycles. The molecule has 25 heavy (non-hydrogen) atoms. The number of carbonyl (C=O) groups excluding carboxylic acids is 1.